The average molecular weight is 355 g/mol. The number of hydrogen-bond donors (Lipinski definition) is 1. The molecule has 0 aliphatic carbocycles. The minimum Gasteiger partial charge on any atom is -0.497 e. The zero-order valence-corrected chi connectivity index (χ0v) is 15.0. The van der Waals surface area contributed by atoms with Crippen molar-refractivity contribution in [2.75, 3.05) is 37.7 Å². The van der Waals surface area contributed by atoms with Crippen LogP contribution in [0.25, 0.3) is 0 Å². The fourth-order valence-corrected chi connectivity index (χ4v) is 2.73. The Labute approximate surface area is 151 Å². The summed E-state index contributed by atoms with van der Waals surface area (Å²) in [6, 6.07) is 10.7. The standard InChI is InChI=1S/C18H21N5O3/c1-21-17-15(8-5-9-19-17)23(18(25)22(21)2)12-16(24)20-11-13-6-4-7-14(10-13)26-3/h4-10H,11-12H2,1-3H3,(H,20,24). The molecule has 1 N–H and O–H groups in total. The van der Waals surface area contributed by atoms with Gasteiger partial charge in [0, 0.05) is 26.8 Å². The molecule has 0 atom stereocenters. The molecule has 1 aromatic carbocycles. The van der Waals surface area contributed by atoms with E-state index in [9.17, 15) is 9.59 Å². The molecule has 1 aromatic heterocycles. The summed E-state index contributed by atoms with van der Waals surface area (Å²) in [6.07, 6.45) is 1.65. The number of benzene rings is 1. The summed E-state index contributed by atoms with van der Waals surface area (Å²) >= 11 is 0. The van der Waals surface area contributed by atoms with E-state index in [0.717, 1.165) is 11.3 Å². The van der Waals surface area contributed by atoms with Crippen molar-refractivity contribution in [1.82, 2.24) is 15.3 Å². The number of methoxy groups -OCH3 is 1. The molecule has 3 amide bonds. The number of urea groups is 1. The van der Waals surface area contributed by atoms with Gasteiger partial charge >= 0.3 is 6.03 Å². The second-order valence-electron chi connectivity index (χ2n) is 5.89. The summed E-state index contributed by atoms with van der Waals surface area (Å²) in [4.78, 5) is 30.7. The SMILES string of the molecule is COc1cccc(CNC(=O)CN2C(=O)N(C)N(C)c3ncccc32)c1. The van der Waals surface area contributed by atoms with Gasteiger partial charge in [-0.1, -0.05) is 12.1 Å². The smallest absolute Gasteiger partial charge is 0.343 e. The Balaban J connectivity index is 1.70. The lowest BCUT2D eigenvalue weighted by Crippen LogP contribution is -2.55. The van der Waals surface area contributed by atoms with Crippen LogP contribution in [0, 0.1) is 0 Å². The van der Waals surface area contributed by atoms with Gasteiger partial charge in [0.1, 0.15) is 12.3 Å². The number of ether oxygens (including phenoxy) is 1. The highest BCUT2D eigenvalue weighted by Crippen LogP contribution is 2.31. The maximum absolute atomic E-state index is 12.6. The van der Waals surface area contributed by atoms with Crippen molar-refractivity contribution in [3.05, 3.63) is 48.2 Å². The number of hydrogen-bond acceptors (Lipinski definition) is 5. The third kappa shape index (κ3) is 3.39. The monoisotopic (exact) mass is 355 g/mol. The molecule has 0 radical (unpaired) electrons. The number of fused-ring (bicyclic) bond motifs is 1. The largest absolute Gasteiger partial charge is 0.497 e. The highest BCUT2D eigenvalue weighted by Gasteiger charge is 2.33. The van der Waals surface area contributed by atoms with E-state index in [1.165, 1.54) is 9.91 Å². The predicted octanol–water partition coefficient (Wildman–Crippen LogP) is 1.63. The number of hydrazine groups is 1. The second-order valence-corrected chi connectivity index (χ2v) is 5.89. The number of carbonyl (C=O) groups excluding carboxylic acids is 2. The summed E-state index contributed by atoms with van der Waals surface area (Å²) in [7, 11) is 4.99. The van der Waals surface area contributed by atoms with Crippen molar-refractivity contribution in [1.29, 1.82) is 0 Å². The Morgan fingerprint density at radius 3 is 2.77 bits per heavy atom. The van der Waals surface area contributed by atoms with Gasteiger partial charge in [-0.25, -0.2) is 14.8 Å². The molecule has 2 heterocycles. The van der Waals surface area contributed by atoms with E-state index in [4.69, 9.17) is 4.74 Å². The second kappa shape index (κ2) is 7.30. The zero-order valence-electron chi connectivity index (χ0n) is 15.0. The first-order valence-corrected chi connectivity index (χ1v) is 8.14. The van der Waals surface area contributed by atoms with Crippen molar-refractivity contribution < 1.29 is 14.3 Å². The summed E-state index contributed by atoms with van der Waals surface area (Å²) < 4.78 is 5.18. The van der Waals surface area contributed by atoms with E-state index in [-0.39, 0.29) is 18.5 Å². The topological polar surface area (TPSA) is 78.0 Å². The van der Waals surface area contributed by atoms with E-state index < -0.39 is 0 Å². The quantitative estimate of drug-likeness (QED) is 0.882. The summed E-state index contributed by atoms with van der Waals surface area (Å²) in [5, 5.41) is 5.91. The van der Waals surface area contributed by atoms with Gasteiger partial charge in [0.25, 0.3) is 0 Å². The maximum atomic E-state index is 12.6. The van der Waals surface area contributed by atoms with Gasteiger partial charge in [-0.15, -0.1) is 0 Å². The normalized spacial score (nSPS) is 13.5. The van der Waals surface area contributed by atoms with Crippen LogP contribution in [-0.4, -0.2) is 49.7 Å². The molecule has 26 heavy (non-hydrogen) atoms. The first-order valence-electron chi connectivity index (χ1n) is 8.14. The Morgan fingerprint density at radius 1 is 1.19 bits per heavy atom. The van der Waals surface area contributed by atoms with Gasteiger partial charge in [-0.05, 0) is 29.8 Å². The lowest BCUT2D eigenvalue weighted by molar-refractivity contribution is -0.119. The summed E-state index contributed by atoms with van der Waals surface area (Å²) in [6.45, 7) is 0.271. The Morgan fingerprint density at radius 2 is 2.00 bits per heavy atom. The number of nitrogens with zero attached hydrogens (tertiary/aromatic N) is 4. The molecule has 0 spiro atoms. The first-order chi connectivity index (χ1) is 12.5. The number of carbonyl (C=O) groups is 2. The van der Waals surface area contributed by atoms with E-state index in [0.29, 0.717) is 18.1 Å². The Bertz CT molecular complexity index is 826. The third-order valence-corrected chi connectivity index (χ3v) is 4.25. The number of aromatic nitrogens is 1. The number of nitrogens with one attached hydrogen (secondary N) is 1. The molecule has 0 saturated heterocycles. The van der Waals surface area contributed by atoms with Gasteiger partial charge < -0.3 is 10.1 Å². The van der Waals surface area contributed by atoms with Gasteiger partial charge in [-0.3, -0.25) is 14.7 Å². The van der Waals surface area contributed by atoms with Crippen LogP contribution in [0.1, 0.15) is 5.56 Å². The van der Waals surface area contributed by atoms with Crippen LogP contribution in [0.3, 0.4) is 0 Å². The lowest BCUT2D eigenvalue weighted by Gasteiger charge is -2.40. The fourth-order valence-electron chi connectivity index (χ4n) is 2.73. The Hall–Kier alpha value is -3.29. The summed E-state index contributed by atoms with van der Waals surface area (Å²) in [5.41, 5.74) is 1.52. The first kappa shape index (κ1) is 17.5. The number of pyridine rings is 1. The van der Waals surface area contributed by atoms with Gasteiger partial charge in [-0.2, -0.15) is 0 Å². The molecular formula is C18H21N5O3. The molecule has 0 unspecified atom stereocenters. The van der Waals surface area contributed by atoms with Crippen LogP contribution in [-0.2, 0) is 11.3 Å². The van der Waals surface area contributed by atoms with Crippen LogP contribution in [0.5, 0.6) is 5.75 Å². The van der Waals surface area contributed by atoms with Crippen molar-refractivity contribution >= 4 is 23.4 Å². The van der Waals surface area contributed by atoms with Crippen molar-refractivity contribution in [2.45, 2.75) is 6.54 Å². The molecule has 136 valence electrons. The van der Waals surface area contributed by atoms with Crippen molar-refractivity contribution in [2.24, 2.45) is 0 Å². The van der Waals surface area contributed by atoms with Crippen LogP contribution in [0.4, 0.5) is 16.3 Å². The summed E-state index contributed by atoms with van der Waals surface area (Å²) in [5.74, 6) is 1.09. The van der Waals surface area contributed by atoms with Crippen LogP contribution in [0.15, 0.2) is 42.6 Å². The molecule has 8 nitrogen and oxygen atoms in total. The number of amides is 3. The van der Waals surface area contributed by atoms with E-state index in [1.807, 2.05) is 24.3 Å². The van der Waals surface area contributed by atoms with Crippen LogP contribution < -0.4 is 20.0 Å². The third-order valence-electron chi connectivity index (χ3n) is 4.25. The van der Waals surface area contributed by atoms with Gasteiger partial charge in [0.15, 0.2) is 5.82 Å². The molecule has 8 heteroatoms. The maximum Gasteiger partial charge on any atom is 0.343 e. The van der Waals surface area contributed by atoms with Crippen molar-refractivity contribution in [3.63, 3.8) is 0 Å². The Kier molecular flexibility index (Phi) is 4.92. The number of anilines is 2. The fraction of sp³-hybridized carbons (Fsp3) is 0.278. The highest BCUT2D eigenvalue weighted by atomic mass is 16.5. The molecule has 0 fully saturated rings. The van der Waals surface area contributed by atoms with Crippen LogP contribution >= 0.6 is 0 Å². The van der Waals surface area contributed by atoms with E-state index in [1.54, 1.807) is 44.5 Å². The van der Waals surface area contributed by atoms with Crippen LogP contribution in [0.2, 0.25) is 0 Å². The molecule has 1 aliphatic rings. The number of rotatable bonds is 5. The molecule has 3 rings (SSSR count). The van der Waals surface area contributed by atoms with E-state index in [2.05, 4.69) is 10.3 Å². The average Bonchev–Trinajstić information content (AvgIpc) is 2.68. The zero-order chi connectivity index (χ0) is 18.7. The van der Waals surface area contributed by atoms with Gasteiger partial charge in [0.2, 0.25) is 5.91 Å². The highest BCUT2D eigenvalue weighted by molar-refractivity contribution is 6.02. The molecule has 1 aliphatic heterocycles. The van der Waals surface area contributed by atoms with Crippen molar-refractivity contribution in [3.8, 4) is 5.75 Å². The minimum absolute atomic E-state index is 0.0837. The minimum atomic E-state index is -0.287. The molecular weight excluding hydrogens is 334 g/mol. The molecule has 2 aromatic rings. The van der Waals surface area contributed by atoms with Gasteiger partial charge in [0.05, 0.1) is 12.8 Å². The lowest BCUT2D eigenvalue weighted by atomic mass is 10.2. The predicted molar refractivity (Wildman–Crippen MR) is 98.0 cm³/mol. The van der Waals surface area contributed by atoms with E-state index >= 15 is 0 Å². The molecule has 0 bridgehead atoms. The molecule has 0 saturated carbocycles.